The fourth-order valence-electron chi connectivity index (χ4n) is 6.19. The van der Waals surface area contributed by atoms with E-state index in [-0.39, 0.29) is 18.5 Å². The van der Waals surface area contributed by atoms with Gasteiger partial charge in [0, 0.05) is 38.3 Å². The number of hydrogen-bond donors (Lipinski definition) is 2. The van der Waals surface area contributed by atoms with Gasteiger partial charge < -0.3 is 24.8 Å². The molecule has 0 amide bonds. The smallest absolute Gasteiger partial charge is 0.296 e. The van der Waals surface area contributed by atoms with Gasteiger partial charge in [-0.3, -0.25) is 9.47 Å². The van der Waals surface area contributed by atoms with Gasteiger partial charge >= 0.3 is 0 Å². The molecule has 3 aromatic rings. The van der Waals surface area contributed by atoms with Crippen molar-refractivity contribution in [2.24, 2.45) is 5.92 Å². The van der Waals surface area contributed by atoms with Gasteiger partial charge in [-0.2, -0.15) is 9.97 Å². The van der Waals surface area contributed by atoms with Gasteiger partial charge in [-0.1, -0.05) is 12.1 Å². The van der Waals surface area contributed by atoms with E-state index in [4.69, 9.17) is 19.4 Å². The van der Waals surface area contributed by atoms with Crippen molar-refractivity contribution >= 4 is 22.8 Å². The third-order valence-corrected chi connectivity index (χ3v) is 8.37. The van der Waals surface area contributed by atoms with Crippen molar-refractivity contribution in [3.63, 3.8) is 0 Å². The fourth-order valence-corrected chi connectivity index (χ4v) is 6.19. The molecule has 1 atom stereocenters. The molecule has 2 saturated heterocycles. The van der Waals surface area contributed by atoms with Crippen molar-refractivity contribution in [2.75, 3.05) is 69.4 Å². The first-order valence-corrected chi connectivity index (χ1v) is 14.3. The highest BCUT2D eigenvalue weighted by Crippen LogP contribution is 2.31. The number of hydrogen-bond acceptors (Lipinski definition) is 9. The lowest BCUT2D eigenvalue weighted by Crippen LogP contribution is -2.48. The Morgan fingerprint density at radius 2 is 1.70 bits per heavy atom. The predicted molar refractivity (Wildman–Crippen MR) is 147 cm³/mol. The van der Waals surface area contributed by atoms with Crippen molar-refractivity contribution in [3.8, 4) is 5.82 Å². The SMILES string of the molecule is OC[C@@H]1COCCN1c1cc(-n2c(C(F)F)nc3ccccc32)nc(NC[C@H]2CC[C@H](N3CCOCC3)CC2)n1. The molecule has 6 rings (SSSR count). The summed E-state index contributed by atoms with van der Waals surface area (Å²) >= 11 is 0. The van der Waals surface area contributed by atoms with Gasteiger partial charge in [-0.05, 0) is 43.7 Å². The van der Waals surface area contributed by atoms with E-state index in [2.05, 4.69) is 15.2 Å². The molecule has 12 heteroatoms. The Morgan fingerprint density at radius 3 is 2.48 bits per heavy atom. The molecule has 0 spiro atoms. The van der Waals surface area contributed by atoms with Crippen LogP contribution in [0.2, 0.25) is 0 Å². The van der Waals surface area contributed by atoms with Gasteiger partial charge in [-0.15, -0.1) is 0 Å². The summed E-state index contributed by atoms with van der Waals surface area (Å²) in [4.78, 5) is 18.2. The third-order valence-electron chi connectivity index (χ3n) is 8.37. The van der Waals surface area contributed by atoms with Gasteiger partial charge in [0.15, 0.2) is 5.82 Å². The van der Waals surface area contributed by atoms with Crippen molar-refractivity contribution in [1.29, 1.82) is 0 Å². The van der Waals surface area contributed by atoms with Crippen LogP contribution < -0.4 is 10.2 Å². The molecule has 1 aromatic carbocycles. The molecule has 0 radical (unpaired) electrons. The summed E-state index contributed by atoms with van der Waals surface area (Å²) < 4.78 is 40.8. The molecule has 10 nitrogen and oxygen atoms in total. The minimum absolute atomic E-state index is 0.106. The molecular formula is C28H37F2N7O3. The molecule has 3 fully saturated rings. The number of aromatic nitrogens is 4. The number of morpholine rings is 2. The number of alkyl halides is 2. The minimum Gasteiger partial charge on any atom is -0.394 e. The van der Waals surface area contributed by atoms with Crippen LogP contribution in [-0.4, -0.2) is 101 Å². The molecule has 1 saturated carbocycles. The van der Waals surface area contributed by atoms with Gasteiger partial charge in [0.25, 0.3) is 6.43 Å². The summed E-state index contributed by atoms with van der Waals surface area (Å²) in [5.41, 5.74) is 1.03. The topological polar surface area (TPSA) is 101 Å². The number of rotatable bonds is 8. The van der Waals surface area contributed by atoms with E-state index in [1.54, 1.807) is 30.3 Å². The summed E-state index contributed by atoms with van der Waals surface area (Å²) in [6.45, 7) is 5.63. The van der Waals surface area contributed by atoms with Crippen LogP contribution in [0.25, 0.3) is 16.9 Å². The molecule has 2 aromatic heterocycles. The highest BCUT2D eigenvalue weighted by Gasteiger charge is 2.29. The van der Waals surface area contributed by atoms with Crippen LogP contribution in [0.4, 0.5) is 20.5 Å². The summed E-state index contributed by atoms with van der Waals surface area (Å²) in [5.74, 6) is 1.37. The Hall–Kier alpha value is -2.93. The van der Waals surface area contributed by atoms with Crippen LogP contribution in [0.3, 0.4) is 0 Å². The second-order valence-electron chi connectivity index (χ2n) is 10.8. The van der Waals surface area contributed by atoms with Crippen LogP contribution in [-0.2, 0) is 9.47 Å². The number of aliphatic hydroxyl groups is 1. The first kappa shape index (κ1) is 27.3. The number of fused-ring (bicyclic) bond motifs is 1. The molecule has 2 N–H and O–H groups in total. The lowest BCUT2D eigenvalue weighted by molar-refractivity contribution is 0.00539. The average Bonchev–Trinajstić information content (AvgIpc) is 3.41. The first-order valence-electron chi connectivity index (χ1n) is 14.3. The monoisotopic (exact) mass is 557 g/mol. The molecule has 4 heterocycles. The fraction of sp³-hybridized carbons (Fsp3) is 0.607. The predicted octanol–water partition coefficient (Wildman–Crippen LogP) is 3.25. The van der Waals surface area contributed by atoms with E-state index >= 15 is 0 Å². The maximum absolute atomic E-state index is 14.2. The van der Waals surface area contributed by atoms with Crippen LogP contribution >= 0.6 is 0 Å². The number of para-hydroxylation sites is 2. The number of aliphatic hydroxyl groups excluding tert-OH is 1. The number of nitrogens with one attached hydrogen (secondary N) is 1. The summed E-state index contributed by atoms with van der Waals surface area (Å²) in [6, 6.07) is 9.10. The number of benzene rings is 1. The van der Waals surface area contributed by atoms with Crippen molar-refractivity contribution in [2.45, 2.75) is 44.2 Å². The first-order chi connectivity index (χ1) is 19.6. The zero-order valence-electron chi connectivity index (χ0n) is 22.6. The third kappa shape index (κ3) is 5.76. The highest BCUT2D eigenvalue weighted by molar-refractivity contribution is 5.78. The van der Waals surface area contributed by atoms with Gasteiger partial charge in [0.2, 0.25) is 5.95 Å². The van der Waals surface area contributed by atoms with Crippen LogP contribution in [0.15, 0.2) is 30.3 Å². The highest BCUT2D eigenvalue weighted by atomic mass is 19.3. The van der Waals surface area contributed by atoms with Crippen molar-refractivity contribution in [1.82, 2.24) is 24.4 Å². The van der Waals surface area contributed by atoms with Gasteiger partial charge in [0.1, 0.15) is 11.6 Å². The molecule has 216 valence electrons. The Labute approximate surface area is 232 Å². The lowest BCUT2D eigenvalue weighted by atomic mass is 9.85. The van der Waals surface area contributed by atoms with Gasteiger partial charge in [-0.25, -0.2) is 13.8 Å². The Morgan fingerprint density at radius 1 is 0.950 bits per heavy atom. The van der Waals surface area contributed by atoms with E-state index in [9.17, 15) is 13.9 Å². The summed E-state index contributed by atoms with van der Waals surface area (Å²) in [7, 11) is 0. The van der Waals surface area contributed by atoms with E-state index < -0.39 is 6.43 Å². The number of imidazole rings is 1. The van der Waals surface area contributed by atoms with Crippen LogP contribution in [0.5, 0.6) is 0 Å². The molecule has 2 aliphatic heterocycles. The number of ether oxygens (including phenoxy) is 2. The zero-order valence-corrected chi connectivity index (χ0v) is 22.6. The molecule has 0 unspecified atom stereocenters. The Balaban J connectivity index is 1.27. The molecule has 0 bridgehead atoms. The van der Waals surface area contributed by atoms with E-state index in [0.717, 1.165) is 52.0 Å². The number of halogens is 2. The normalized spacial score (nSPS) is 24.6. The zero-order chi connectivity index (χ0) is 27.5. The maximum Gasteiger partial charge on any atom is 0.296 e. The average molecular weight is 558 g/mol. The van der Waals surface area contributed by atoms with Crippen molar-refractivity contribution < 1.29 is 23.4 Å². The van der Waals surface area contributed by atoms with E-state index in [0.29, 0.717) is 66.9 Å². The molecule has 3 aliphatic rings. The van der Waals surface area contributed by atoms with E-state index in [1.165, 1.54) is 4.57 Å². The Kier molecular flexibility index (Phi) is 8.38. The van der Waals surface area contributed by atoms with Crippen molar-refractivity contribution in [3.05, 3.63) is 36.2 Å². The second kappa shape index (κ2) is 12.3. The molecule has 40 heavy (non-hydrogen) atoms. The molecule has 1 aliphatic carbocycles. The lowest BCUT2D eigenvalue weighted by Gasteiger charge is -2.38. The Bertz CT molecular complexity index is 1280. The molecular weight excluding hydrogens is 520 g/mol. The van der Waals surface area contributed by atoms with Crippen LogP contribution in [0.1, 0.15) is 37.9 Å². The van der Waals surface area contributed by atoms with Crippen LogP contribution in [0, 0.1) is 5.92 Å². The number of nitrogens with zero attached hydrogens (tertiary/aromatic N) is 6. The second-order valence-corrected chi connectivity index (χ2v) is 10.8. The van der Waals surface area contributed by atoms with E-state index in [1.807, 2.05) is 4.90 Å². The minimum atomic E-state index is -2.78. The quantitative estimate of drug-likeness (QED) is 0.432. The largest absolute Gasteiger partial charge is 0.394 e. The number of anilines is 2. The summed E-state index contributed by atoms with van der Waals surface area (Å²) in [6.07, 6.45) is 1.75. The maximum atomic E-state index is 14.2. The standard InChI is InChI=1S/C28H37F2N7O3/c29-26(30)27-32-22-3-1-2-4-23(22)37(27)25-15-24(36-11-14-40-18-21(36)17-38)33-28(34-25)31-16-19-5-7-20(8-6-19)35-9-12-39-13-10-35/h1-4,15,19-21,26,38H,5-14,16-18H2,(H,31,33,34)/t19-,20-,21-/m1/s1. The van der Waals surface area contributed by atoms with Gasteiger partial charge in [0.05, 0.1) is 50.1 Å². The summed E-state index contributed by atoms with van der Waals surface area (Å²) in [5, 5.41) is 13.4.